The van der Waals surface area contributed by atoms with E-state index in [1.165, 1.54) is 13.2 Å². The summed E-state index contributed by atoms with van der Waals surface area (Å²) in [5.74, 6) is -1.70. The molecule has 46 heavy (non-hydrogen) atoms. The van der Waals surface area contributed by atoms with Gasteiger partial charge in [-0.15, -0.1) is 0 Å². The third kappa shape index (κ3) is 5.68. The highest BCUT2D eigenvalue weighted by molar-refractivity contribution is 6.31. The summed E-state index contributed by atoms with van der Waals surface area (Å²) in [5.41, 5.74) is 1.07. The smallest absolute Gasteiger partial charge is 0.337 e. The summed E-state index contributed by atoms with van der Waals surface area (Å²) in [5, 5.41) is 3.54. The molecule has 1 saturated heterocycles. The van der Waals surface area contributed by atoms with Gasteiger partial charge in [-0.2, -0.15) is 0 Å². The number of amides is 1. The van der Waals surface area contributed by atoms with E-state index in [0.29, 0.717) is 53.5 Å². The fourth-order valence-corrected chi connectivity index (χ4v) is 7.66. The fraction of sp³-hybridized carbons (Fsp3) is 0.400. The average Bonchev–Trinajstić information content (AvgIpc) is 3.50. The molecule has 1 aromatic heterocycles. The van der Waals surface area contributed by atoms with Crippen LogP contribution in [-0.2, 0) is 20.8 Å². The van der Waals surface area contributed by atoms with Crippen LogP contribution in [0, 0.1) is 5.82 Å². The van der Waals surface area contributed by atoms with Gasteiger partial charge in [0.2, 0.25) is 5.91 Å². The van der Waals surface area contributed by atoms with E-state index in [-0.39, 0.29) is 17.0 Å². The Kier molecular flexibility index (Phi) is 8.65. The van der Waals surface area contributed by atoms with Crippen molar-refractivity contribution in [1.82, 2.24) is 14.5 Å². The van der Waals surface area contributed by atoms with Crippen LogP contribution in [0.2, 0.25) is 10.0 Å². The lowest BCUT2D eigenvalue weighted by Gasteiger charge is -2.40. The predicted octanol–water partition coefficient (Wildman–Crippen LogP) is 7.44. The average molecular weight is 668 g/mol. The van der Waals surface area contributed by atoms with E-state index >= 15 is 4.39 Å². The van der Waals surface area contributed by atoms with E-state index in [1.54, 1.807) is 48.5 Å². The first-order valence-electron chi connectivity index (χ1n) is 15.3. The van der Waals surface area contributed by atoms with Crippen molar-refractivity contribution in [2.75, 3.05) is 25.6 Å². The molecule has 4 atom stereocenters. The molecule has 242 valence electrons. The fourth-order valence-electron chi connectivity index (χ4n) is 7.29. The van der Waals surface area contributed by atoms with Crippen LogP contribution in [0.25, 0.3) is 11.0 Å². The third-order valence-electron chi connectivity index (χ3n) is 9.25. The number of ether oxygens (including phenoxy) is 2. The lowest BCUT2D eigenvalue weighted by atomic mass is 9.73. The quantitative estimate of drug-likeness (QED) is 0.206. The highest BCUT2D eigenvalue weighted by Gasteiger charge is 2.63. The molecule has 6 rings (SSSR count). The SMILES string of the molecule is COC(=O)c1ccc2c(c1)nc1n2CC[C@H]2[C@@H]1[C@H](c1cccc(Cl)c1F)[C@](C)(C(=O)Nc1cccc(Cl)c1)N2CCOC(C)(C)C. The molecule has 4 aromatic rings. The summed E-state index contributed by atoms with van der Waals surface area (Å²) < 4.78 is 29.4. The van der Waals surface area contributed by atoms with Crippen LogP contribution in [0.15, 0.2) is 60.7 Å². The summed E-state index contributed by atoms with van der Waals surface area (Å²) in [7, 11) is 1.34. The first kappa shape index (κ1) is 32.4. The number of fused-ring (bicyclic) bond motifs is 5. The number of anilines is 1. The monoisotopic (exact) mass is 666 g/mol. The number of methoxy groups -OCH3 is 1. The Morgan fingerprint density at radius 1 is 1.11 bits per heavy atom. The van der Waals surface area contributed by atoms with Crippen LogP contribution >= 0.6 is 23.2 Å². The van der Waals surface area contributed by atoms with Gasteiger partial charge in [-0.1, -0.05) is 41.4 Å². The molecule has 11 heteroatoms. The van der Waals surface area contributed by atoms with Gasteiger partial charge in [0.05, 0.1) is 40.9 Å². The van der Waals surface area contributed by atoms with Crippen LogP contribution in [-0.4, -0.2) is 63.8 Å². The Morgan fingerprint density at radius 2 is 1.87 bits per heavy atom. The molecule has 1 N–H and O–H groups in total. The number of nitrogens with zero attached hydrogens (tertiary/aromatic N) is 3. The van der Waals surface area contributed by atoms with E-state index in [0.717, 1.165) is 11.3 Å². The Balaban J connectivity index is 1.54. The van der Waals surface area contributed by atoms with Gasteiger partial charge >= 0.3 is 5.97 Å². The van der Waals surface area contributed by atoms with Crippen molar-refractivity contribution in [3.05, 3.63) is 93.5 Å². The number of carbonyl (C=O) groups is 2. The first-order chi connectivity index (χ1) is 21.8. The van der Waals surface area contributed by atoms with E-state index in [2.05, 4.69) is 14.8 Å². The van der Waals surface area contributed by atoms with Gasteiger partial charge in [0.25, 0.3) is 0 Å². The Labute approximate surface area is 277 Å². The second-order valence-corrected chi connectivity index (χ2v) is 13.9. The van der Waals surface area contributed by atoms with E-state index in [4.69, 9.17) is 37.7 Å². The first-order valence-corrected chi connectivity index (χ1v) is 16.1. The molecule has 0 aliphatic carbocycles. The van der Waals surface area contributed by atoms with Gasteiger partial charge in [0.1, 0.15) is 17.2 Å². The molecule has 0 bridgehead atoms. The van der Waals surface area contributed by atoms with Gasteiger partial charge in [-0.05, 0) is 82.1 Å². The molecule has 3 heterocycles. The van der Waals surface area contributed by atoms with Crippen molar-refractivity contribution in [2.45, 2.75) is 69.7 Å². The molecule has 0 spiro atoms. The maximum absolute atomic E-state index is 16.2. The Bertz CT molecular complexity index is 1820. The second-order valence-electron chi connectivity index (χ2n) is 13.1. The summed E-state index contributed by atoms with van der Waals surface area (Å²) in [6, 6.07) is 17.0. The molecule has 2 aliphatic rings. The minimum Gasteiger partial charge on any atom is -0.465 e. The molecule has 1 amide bonds. The van der Waals surface area contributed by atoms with Gasteiger partial charge in [0, 0.05) is 41.7 Å². The normalized spacial score (nSPS) is 22.8. The molecule has 3 aromatic carbocycles. The van der Waals surface area contributed by atoms with Crippen molar-refractivity contribution < 1.29 is 23.5 Å². The number of imidazole rings is 1. The zero-order chi connectivity index (χ0) is 33.0. The maximum Gasteiger partial charge on any atom is 0.337 e. The zero-order valence-corrected chi connectivity index (χ0v) is 28.0. The van der Waals surface area contributed by atoms with E-state index in [9.17, 15) is 9.59 Å². The topological polar surface area (TPSA) is 85.7 Å². The number of benzene rings is 3. The summed E-state index contributed by atoms with van der Waals surface area (Å²) in [4.78, 5) is 34.3. The van der Waals surface area contributed by atoms with Crippen LogP contribution < -0.4 is 5.32 Å². The molecule has 1 fully saturated rings. The zero-order valence-electron chi connectivity index (χ0n) is 26.4. The van der Waals surface area contributed by atoms with Crippen molar-refractivity contribution >= 4 is 51.8 Å². The van der Waals surface area contributed by atoms with Crippen LogP contribution in [0.3, 0.4) is 0 Å². The summed E-state index contributed by atoms with van der Waals surface area (Å²) >= 11 is 12.7. The number of aryl methyl sites for hydroxylation is 1. The number of halogens is 3. The van der Waals surface area contributed by atoms with Crippen LogP contribution in [0.4, 0.5) is 10.1 Å². The van der Waals surface area contributed by atoms with E-state index < -0.39 is 34.8 Å². The number of carbonyl (C=O) groups excluding carboxylic acids is 2. The molecular weight excluding hydrogens is 630 g/mol. The van der Waals surface area contributed by atoms with Gasteiger partial charge in [-0.25, -0.2) is 14.2 Å². The van der Waals surface area contributed by atoms with Crippen molar-refractivity contribution in [2.24, 2.45) is 0 Å². The van der Waals surface area contributed by atoms with Crippen molar-refractivity contribution in [3.63, 3.8) is 0 Å². The summed E-state index contributed by atoms with van der Waals surface area (Å²) in [6.07, 6.45) is 0.677. The number of rotatable bonds is 7. The molecule has 0 saturated carbocycles. The maximum atomic E-state index is 16.2. The molecule has 0 unspecified atom stereocenters. The van der Waals surface area contributed by atoms with Crippen molar-refractivity contribution in [1.29, 1.82) is 0 Å². The van der Waals surface area contributed by atoms with Crippen LogP contribution in [0.1, 0.15) is 67.7 Å². The minimum atomic E-state index is -1.27. The van der Waals surface area contributed by atoms with Gasteiger partial charge in [-0.3, -0.25) is 9.69 Å². The largest absolute Gasteiger partial charge is 0.465 e. The second kappa shape index (κ2) is 12.3. The highest BCUT2D eigenvalue weighted by Crippen LogP contribution is 2.57. The van der Waals surface area contributed by atoms with Crippen LogP contribution in [0.5, 0.6) is 0 Å². The van der Waals surface area contributed by atoms with Crippen molar-refractivity contribution in [3.8, 4) is 0 Å². The van der Waals surface area contributed by atoms with Gasteiger partial charge in [0.15, 0.2) is 0 Å². The third-order valence-corrected chi connectivity index (χ3v) is 9.77. The Hall–Kier alpha value is -3.50. The molecule has 0 radical (unpaired) electrons. The highest BCUT2D eigenvalue weighted by atomic mass is 35.5. The standard InChI is InChI=1S/C35H37Cl2FN4O4/c1-34(2,3)46-17-16-42-27-14-15-41-26-13-12-20(32(43)45-5)18-25(26)40-31(41)28(27)29(23-10-7-11-24(37)30(23)38)35(42,4)33(44)39-22-9-6-8-21(36)19-22/h6-13,18-19,27-29H,14-17H2,1-5H3,(H,39,44)/t27-,28+,29-,35+/m0/s1. The summed E-state index contributed by atoms with van der Waals surface area (Å²) in [6.45, 7) is 9.23. The number of likely N-dealkylation sites (tertiary alicyclic amines) is 1. The number of hydrogen-bond acceptors (Lipinski definition) is 6. The minimum absolute atomic E-state index is 0.0202. The number of aromatic nitrogens is 2. The molecular formula is C35H37Cl2FN4O4. The molecule has 8 nitrogen and oxygen atoms in total. The number of esters is 1. The predicted molar refractivity (Wildman–Crippen MR) is 177 cm³/mol. The number of nitrogens with one attached hydrogen (secondary N) is 1. The molecule has 2 aliphatic heterocycles. The Morgan fingerprint density at radius 3 is 2.59 bits per heavy atom. The number of hydrogen-bond donors (Lipinski definition) is 1. The lowest BCUT2D eigenvalue weighted by Crippen LogP contribution is -2.56. The van der Waals surface area contributed by atoms with E-state index in [1.807, 2.05) is 33.8 Å². The van der Waals surface area contributed by atoms with Gasteiger partial charge < -0.3 is 19.4 Å². The lowest BCUT2D eigenvalue weighted by molar-refractivity contribution is -0.128.